The van der Waals surface area contributed by atoms with Crippen molar-refractivity contribution in [2.45, 2.75) is 53.9 Å². The summed E-state index contributed by atoms with van der Waals surface area (Å²) in [6.45, 7) is 10.1. The fourth-order valence-corrected chi connectivity index (χ4v) is 3.65. The van der Waals surface area contributed by atoms with Crippen molar-refractivity contribution in [1.82, 2.24) is 15.0 Å². The molecule has 3 aromatic rings. The molecule has 1 aromatic heterocycles. The molecule has 0 saturated heterocycles. The molecule has 0 amide bonds. The van der Waals surface area contributed by atoms with Crippen molar-refractivity contribution in [3.8, 4) is 22.8 Å². The van der Waals surface area contributed by atoms with Crippen LogP contribution in [-0.2, 0) is 17.6 Å². The predicted molar refractivity (Wildman–Crippen MR) is 130 cm³/mol. The molecule has 0 aliphatic heterocycles. The Bertz CT molecular complexity index is 1160. The van der Waals surface area contributed by atoms with Crippen LogP contribution in [0.5, 0.6) is 0 Å². The molecular formula is C26H30ClN3O2. The molecule has 0 bridgehead atoms. The second-order valence-corrected chi connectivity index (χ2v) is 10.0. The molecule has 0 saturated carbocycles. The van der Waals surface area contributed by atoms with E-state index in [9.17, 15) is 9.59 Å². The standard InChI is InChI=1S/C26H30ClN3O2/c1-16(2)14-17-6-10-19(11-7-17)23-28-24(30-25(32)29-23)20-15-18(8-12-21(20)27)9-13-22(31)26(3,4)5/h6-8,10-12,15-16H,9,13-14H2,1-5H3,(H,28,29,30,32). The molecule has 0 aliphatic carbocycles. The van der Waals surface area contributed by atoms with Crippen LogP contribution >= 0.6 is 11.6 Å². The first-order valence-corrected chi connectivity index (χ1v) is 11.3. The van der Waals surface area contributed by atoms with Gasteiger partial charge in [0.1, 0.15) is 11.6 Å². The number of benzene rings is 2. The number of Topliss-reactive ketones (excluding diaryl/α,β-unsaturated/α-hetero) is 1. The molecule has 1 heterocycles. The van der Waals surface area contributed by atoms with E-state index in [1.165, 1.54) is 5.56 Å². The van der Waals surface area contributed by atoms with Crippen molar-refractivity contribution >= 4 is 17.4 Å². The zero-order chi connectivity index (χ0) is 23.5. The van der Waals surface area contributed by atoms with Gasteiger partial charge in [-0.15, -0.1) is 0 Å². The lowest BCUT2D eigenvalue weighted by molar-refractivity contribution is -0.126. The molecule has 3 rings (SSSR count). The summed E-state index contributed by atoms with van der Waals surface area (Å²) in [7, 11) is 0. The topological polar surface area (TPSA) is 75.7 Å². The summed E-state index contributed by atoms with van der Waals surface area (Å²) in [5.74, 6) is 1.48. The van der Waals surface area contributed by atoms with Crippen LogP contribution in [0, 0.1) is 11.3 Å². The lowest BCUT2D eigenvalue weighted by atomic mass is 9.87. The molecule has 0 atom stereocenters. The Morgan fingerprint density at radius 2 is 1.69 bits per heavy atom. The van der Waals surface area contributed by atoms with E-state index in [0.29, 0.717) is 41.0 Å². The van der Waals surface area contributed by atoms with E-state index in [1.54, 1.807) is 6.07 Å². The van der Waals surface area contributed by atoms with Crippen LogP contribution in [0.3, 0.4) is 0 Å². The van der Waals surface area contributed by atoms with Gasteiger partial charge in [-0.25, -0.2) is 9.78 Å². The zero-order valence-corrected chi connectivity index (χ0v) is 20.1. The van der Waals surface area contributed by atoms with Crippen molar-refractivity contribution in [1.29, 1.82) is 0 Å². The van der Waals surface area contributed by atoms with Crippen LogP contribution in [0.15, 0.2) is 47.3 Å². The summed E-state index contributed by atoms with van der Waals surface area (Å²) in [6, 6.07) is 13.5. The van der Waals surface area contributed by atoms with Crippen LogP contribution in [0.4, 0.5) is 0 Å². The Hall–Kier alpha value is -2.79. The number of aryl methyl sites for hydroxylation is 1. The number of hydrogen-bond acceptors (Lipinski definition) is 4. The van der Waals surface area contributed by atoms with Crippen LogP contribution in [0.2, 0.25) is 5.02 Å². The first-order valence-electron chi connectivity index (χ1n) is 10.9. The smallest absolute Gasteiger partial charge is 0.299 e. The molecule has 0 radical (unpaired) electrons. The minimum Gasteiger partial charge on any atom is -0.299 e. The Kier molecular flexibility index (Phi) is 7.29. The average Bonchev–Trinajstić information content (AvgIpc) is 2.72. The summed E-state index contributed by atoms with van der Waals surface area (Å²) in [5, 5.41) is 0.475. The number of carbonyl (C=O) groups excluding carboxylic acids is 1. The molecular weight excluding hydrogens is 422 g/mol. The molecule has 1 N–H and O–H groups in total. The van der Waals surface area contributed by atoms with Gasteiger partial charge >= 0.3 is 5.69 Å². The van der Waals surface area contributed by atoms with Gasteiger partial charge in [-0.1, -0.05) is 76.6 Å². The Morgan fingerprint density at radius 3 is 2.31 bits per heavy atom. The van der Waals surface area contributed by atoms with Gasteiger partial charge in [0.25, 0.3) is 0 Å². The van der Waals surface area contributed by atoms with Gasteiger partial charge in [-0.3, -0.25) is 9.78 Å². The molecule has 0 unspecified atom stereocenters. The lowest BCUT2D eigenvalue weighted by Crippen LogP contribution is -2.20. The number of halogens is 1. The maximum atomic E-state index is 12.3. The van der Waals surface area contributed by atoms with Crippen molar-refractivity contribution in [3.63, 3.8) is 0 Å². The minimum atomic E-state index is -0.486. The summed E-state index contributed by atoms with van der Waals surface area (Å²) in [4.78, 5) is 35.9. The number of H-pyrrole nitrogens is 1. The van der Waals surface area contributed by atoms with Crippen LogP contribution in [0.25, 0.3) is 22.8 Å². The number of rotatable bonds is 7. The first kappa shape index (κ1) is 23.9. The van der Waals surface area contributed by atoms with Crippen molar-refractivity contribution in [2.24, 2.45) is 11.3 Å². The first-order chi connectivity index (χ1) is 15.0. The quantitative estimate of drug-likeness (QED) is 0.485. The summed E-state index contributed by atoms with van der Waals surface area (Å²) in [6.07, 6.45) is 2.03. The lowest BCUT2D eigenvalue weighted by Gasteiger charge is -2.16. The van der Waals surface area contributed by atoms with Crippen molar-refractivity contribution in [2.75, 3.05) is 0 Å². The van der Waals surface area contributed by atoms with Crippen LogP contribution in [-0.4, -0.2) is 20.7 Å². The third-order valence-electron chi connectivity index (χ3n) is 5.27. The third kappa shape index (κ3) is 6.13. The van der Waals surface area contributed by atoms with Gasteiger partial charge in [0.15, 0.2) is 5.82 Å². The Balaban J connectivity index is 1.91. The minimum absolute atomic E-state index is 0.202. The molecule has 6 heteroatoms. The molecule has 5 nitrogen and oxygen atoms in total. The van der Waals surface area contributed by atoms with Crippen LogP contribution < -0.4 is 5.69 Å². The van der Waals surface area contributed by atoms with Gasteiger partial charge in [0, 0.05) is 23.0 Å². The number of hydrogen-bond donors (Lipinski definition) is 1. The van der Waals surface area contributed by atoms with E-state index >= 15 is 0 Å². The van der Waals surface area contributed by atoms with Gasteiger partial charge in [0.2, 0.25) is 0 Å². The van der Waals surface area contributed by atoms with E-state index < -0.39 is 5.69 Å². The normalized spacial score (nSPS) is 11.7. The van der Waals surface area contributed by atoms with Gasteiger partial charge in [0.05, 0.1) is 5.02 Å². The molecule has 32 heavy (non-hydrogen) atoms. The summed E-state index contributed by atoms with van der Waals surface area (Å²) < 4.78 is 0. The molecule has 0 fully saturated rings. The third-order valence-corrected chi connectivity index (χ3v) is 5.60. The fourth-order valence-electron chi connectivity index (χ4n) is 3.44. The Labute approximate surface area is 194 Å². The van der Waals surface area contributed by atoms with Crippen molar-refractivity contribution in [3.05, 3.63) is 69.1 Å². The van der Waals surface area contributed by atoms with Gasteiger partial charge in [-0.05, 0) is 42.0 Å². The Morgan fingerprint density at radius 1 is 1.03 bits per heavy atom. The molecule has 2 aromatic carbocycles. The van der Waals surface area contributed by atoms with Gasteiger partial charge < -0.3 is 0 Å². The van der Waals surface area contributed by atoms with E-state index in [1.807, 2.05) is 57.2 Å². The second kappa shape index (κ2) is 9.78. The highest BCUT2D eigenvalue weighted by molar-refractivity contribution is 6.33. The monoisotopic (exact) mass is 451 g/mol. The zero-order valence-electron chi connectivity index (χ0n) is 19.3. The predicted octanol–water partition coefficient (Wildman–Crippen LogP) is 5.90. The molecule has 168 valence electrons. The number of nitrogens with one attached hydrogen (secondary N) is 1. The van der Waals surface area contributed by atoms with Crippen molar-refractivity contribution < 1.29 is 4.79 Å². The largest absolute Gasteiger partial charge is 0.348 e. The summed E-state index contributed by atoms with van der Waals surface area (Å²) >= 11 is 6.44. The fraction of sp³-hybridized carbons (Fsp3) is 0.385. The number of nitrogens with zero attached hydrogens (tertiary/aromatic N) is 2. The number of aromatic nitrogens is 3. The number of carbonyl (C=O) groups is 1. The van der Waals surface area contributed by atoms with E-state index in [4.69, 9.17) is 11.6 Å². The summed E-state index contributed by atoms with van der Waals surface area (Å²) in [5.41, 5.74) is 2.72. The van der Waals surface area contributed by atoms with E-state index in [2.05, 4.69) is 28.8 Å². The van der Waals surface area contributed by atoms with E-state index in [0.717, 1.165) is 17.5 Å². The van der Waals surface area contributed by atoms with E-state index in [-0.39, 0.29) is 11.2 Å². The number of ketones is 1. The van der Waals surface area contributed by atoms with Gasteiger partial charge in [-0.2, -0.15) is 4.98 Å². The highest BCUT2D eigenvalue weighted by Crippen LogP contribution is 2.28. The average molecular weight is 452 g/mol. The maximum Gasteiger partial charge on any atom is 0.348 e. The SMILES string of the molecule is CC(C)Cc1ccc(-c2nc(-c3cc(CCC(=O)C(C)(C)C)ccc3Cl)[nH]c(=O)n2)cc1. The maximum absolute atomic E-state index is 12.3. The highest BCUT2D eigenvalue weighted by Gasteiger charge is 2.20. The molecule has 0 aliphatic rings. The highest BCUT2D eigenvalue weighted by atomic mass is 35.5. The van der Waals surface area contributed by atoms with Crippen LogP contribution in [0.1, 0.15) is 52.2 Å². The second-order valence-electron chi connectivity index (χ2n) is 9.61. The molecule has 0 spiro atoms. The number of aromatic amines is 1.